The van der Waals surface area contributed by atoms with E-state index in [0.717, 1.165) is 32.1 Å². The maximum absolute atomic E-state index is 13.5. The average Bonchev–Trinajstić information content (AvgIpc) is 3.38. The second kappa shape index (κ2) is 13.9. The van der Waals surface area contributed by atoms with Gasteiger partial charge in [-0.3, -0.25) is 9.59 Å². The smallest absolute Gasteiger partial charge is 0.283 e. The van der Waals surface area contributed by atoms with Gasteiger partial charge in [-0.25, -0.2) is 0 Å². The van der Waals surface area contributed by atoms with Crippen LogP contribution in [0.3, 0.4) is 0 Å². The molecular weight excluding hydrogens is 589 g/mol. The number of anilines is 1. The van der Waals surface area contributed by atoms with Gasteiger partial charge in [-0.1, -0.05) is 29.3 Å². The van der Waals surface area contributed by atoms with Crippen LogP contribution in [0.1, 0.15) is 53.0 Å². The van der Waals surface area contributed by atoms with Crippen LogP contribution in [0.25, 0.3) is 0 Å². The summed E-state index contributed by atoms with van der Waals surface area (Å²) < 4.78 is 33.2. The van der Waals surface area contributed by atoms with Crippen LogP contribution in [0.15, 0.2) is 53.6 Å². The monoisotopic (exact) mass is 617 g/mol. The predicted octanol–water partition coefficient (Wildman–Crippen LogP) is 4.34. The van der Waals surface area contributed by atoms with E-state index in [0.29, 0.717) is 35.7 Å². The minimum Gasteiger partial charge on any atom is -0.494 e. The Morgan fingerprint density at radius 2 is 1.76 bits per heavy atom. The largest absolute Gasteiger partial charge is 0.494 e. The Labute approximate surface area is 248 Å². The van der Waals surface area contributed by atoms with Crippen molar-refractivity contribution in [2.75, 3.05) is 25.0 Å². The third-order valence-electron chi connectivity index (χ3n) is 6.37. The van der Waals surface area contributed by atoms with E-state index >= 15 is 0 Å². The Kier molecular flexibility index (Phi) is 10.3. The topological polar surface area (TPSA) is 131 Å². The van der Waals surface area contributed by atoms with Crippen LogP contribution in [0.2, 0.25) is 10.0 Å². The molecule has 216 valence electrons. The van der Waals surface area contributed by atoms with Crippen molar-refractivity contribution in [2.24, 2.45) is 0 Å². The molecule has 13 heteroatoms. The first-order valence-corrected chi connectivity index (χ1v) is 15.2. The van der Waals surface area contributed by atoms with Crippen molar-refractivity contribution >= 4 is 50.7 Å². The number of carbonyl (C=O) groups excluding carboxylic acids is 2. The van der Waals surface area contributed by atoms with Gasteiger partial charge in [-0.2, -0.15) is 17.6 Å². The number of aromatic nitrogens is 2. The summed E-state index contributed by atoms with van der Waals surface area (Å²) in [7, 11) is -4.24. The van der Waals surface area contributed by atoms with Crippen LogP contribution in [0.5, 0.6) is 5.75 Å². The Hall–Kier alpha value is -3.56. The highest BCUT2D eigenvalue weighted by Gasteiger charge is 2.28. The molecule has 2 aromatic carbocycles. The second-order valence-corrected chi connectivity index (χ2v) is 11.9. The molecule has 41 heavy (non-hydrogen) atoms. The highest BCUT2D eigenvalue weighted by Crippen LogP contribution is 2.27. The van der Waals surface area contributed by atoms with Crippen LogP contribution < -0.4 is 20.7 Å². The van der Waals surface area contributed by atoms with Crippen molar-refractivity contribution < 1.29 is 22.7 Å². The zero-order valence-electron chi connectivity index (χ0n) is 22.0. The second-order valence-electron chi connectivity index (χ2n) is 9.30. The Balaban J connectivity index is 1.60. The summed E-state index contributed by atoms with van der Waals surface area (Å²) in [4.78, 5) is 26.3. The van der Waals surface area contributed by atoms with E-state index < -0.39 is 21.8 Å². The molecule has 4 rings (SSSR count). The molecule has 1 fully saturated rings. The number of nitrogens with one attached hydrogen (secondary N) is 3. The van der Waals surface area contributed by atoms with Gasteiger partial charge in [0.05, 0.1) is 39.0 Å². The minimum atomic E-state index is -4.24. The lowest BCUT2D eigenvalue weighted by Gasteiger charge is -2.23. The molecular formula is C28H29Cl2N5O5S. The summed E-state index contributed by atoms with van der Waals surface area (Å²) in [5.41, 5.74) is -0.408. The van der Waals surface area contributed by atoms with Crippen LogP contribution in [0, 0.1) is 12.3 Å². The van der Waals surface area contributed by atoms with E-state index in [1.165, 1.54) is 36.4 Å². The Morgan fingerprint density at radius 1 is 1.07 bits per heavy atom. The van der Waals surface area contributed by atoms with Crippen LogP contribution in [-0.4, -0.2) is 55.2 Å². The van der Waals surface area contributed by atoms with Gasteiger partial charge in [0, 0.05) is 12.5 Å². The SMILES string of the molecule is C#CCCCCOc1ccc(S(=O)(=O)n2cc(NC(=O)c3c(Cl)cccc3Cl)c(C(=O)NC3CCNCC3)n2)cc1. The number of nitrogens with zero attached hydrogens (tertiary/aromatic N) is 2. The molecule has 2 heterocycles. The molecule has 0 radical (unpaired) electrons. The summed E-state index contributed by atoms with van der Waals surface area (Å²) in [5.74, 6) is 1.72. The standard InChI is InChI=1S/C28H29Cl2N5O5S/c1-2-3-4-5-17-40-20-9-11-21(12-10-20)41(38,39)35-18-24(33-27(36)25-22(29)7-6-8-23(25)30)26(34-35)28(37)32-19-13-15-31-16-14-19/h1,6-12,18-19,31H,3-5,13-17H2,(H,32,37)(H,33,36). The fraction of sp³-hybridized carbons (Fsp3) is 0.321. The van der Waals surface area contributed by atoms with Gasteiger partial charge < -0.3 is 20.7 Å². The molecule has 0 atom stereocenters. The van der Waals surface area contributed by atoms with Gasteiger partial charge in [0.25, 0.3) is 21.8 Å². The highest BCUT2D eigenvalue weighted by molar-refractivity contribution is 7.89. The number of piperidine rings is 1. The van der Waals surface area contributed by atoms with Crippen LogP contribution >= 0.6 is 23.2 Å². The zero-order valence-corrected chi connectivity index (χ0v) is 24.4. The lowest BCUT2D eigenvalue weighted by molar-refractivity contribution is 0.0925. The molecule has 10 nitrogen and oxygen atoms in total. The fourth-order valence-corrected chi connectivity index (χ4v) is 5.89. The van der Waals surface area contributed by atoms with Crippen molar-refractivity contribution in [3.8, 4) is 18.1 Å². The van der Waals surface area contributed by atoms with E-state index in [4.69, 9.17) is 34.4 Å². The van der Waals surface area contributed by atoms with Crippen molar-refractivity contribution in [3.63, 3.8) is 0 Å². The summed E-state index contributed by atoms with van der Waals surface area (Å²) >= 11 is 12.4. The molecule has 0 unspecified atom stereocenters. The molecule has 0 spiro atoms. The van der Waals surface area contributed by atoms with Gasteiger partial charge in [0.2, 0.25) is 0 Å². The first-order chi connectivity index (χ1) is 19.7. The fourth-order valence-electron chi connectivity index (χ4n) is 4.19. The summed E-state index contributed by atoms with van der Waals surface area (Å²) in [6, 6.07) is 10.3. The summed E-state index contributed by atoms with van der Waals surface area (Å²) in [6.45, 7) is 1.90. The molecule has 0 saturated carbocycles. The van der Waals surface area contributed by atoms with Gasteiger partial charge >= 0.3 is 0 Å². The van der Waals surface area contributed by atoms with Crippen molar-refractivity contribution in [3.05, 3.63) is 70.0 Å². The Morgan fingerprint density at radius 3 is 2.41 bits per heavy atom. The molecule has 1 aromatic heterocycles. The first-order valence-electron chi connectivity index (χ1n) is 13.0. The summed E-state index contributed by atoms with van der Waals surface area (Å²) in [6.07, 6.45) is 9.98. The molecule has 0 aliphatic carbocycles. The van der Waals surface area contributed by atoms with Gasteiger partial charge in [-0.15, -0.1) is 12.3 Å². The highest BCUT2D eigenvalue weighted by atomic mass is 35.5. The number of hydrogen-bond donors (Lipinski definition) is 3. The predicted molar refractivity (Wildman–Crippen MR) is 157 cm³/mol. The number of amides is 2. The number of hydrogen-bond acceptors (Lipinski definition) is 7. The molecule has 3 N–H and O–H groups in total. The number of rotatable bonds is 11. The van der Waals surface area contributed by atoms with Crippen LogP contribution in [-0.2, 0) is 10.0 Å². The number of carbonyl (C=O) groups is 2. The van der Waals surface area contributed by atoms with E-state index in [2.05, 4.69) is 27.0 Å². The number of terminal acetylenes is 1. The molecule has 1 aliphatic rings. The molecule has 1 aliphatic heterocycles. The van der Waals surface area contributed by atoms with Gasteiger partial charge in [-0.05, 0) is 75.2 Å². The lowest BCUT2D eigenvalue weighted by Crippen LogP contribution is -2.43. The Bertz CT molecular complexity index is 1520. The third kappa shape index (κ3) is 7.59. The molecule has 1 saturated heterocycles. The van der Waals surface area contributed by atoms with Crippen molar-refractivity contribution in [2.45, 2.75) is 43.0 Å². The summed E-state index contributed by atoms with van der Waals surface area (Å²) in [5, 5.41) is 12.9. The van der Waals surface area contributed by atoms with E-state index in [9.17, 15) is 18.0 Å². The van der Waals surface area contributed by atoms with E-state index in [1.807, 2.05) is 0 Å². The number of unbranched alkanes of at least 4 members (excludes halogenated alkanes) is 2. The number of halogens is 2. The molecule has 2 amide bonds. The average molecular weight is 619 g/mol. The van der Waals surface area contributed by atoms with E-state index in [-0.39, 0.29) is 37.9 Å². The van der Waals surface area contributed by atoms with Crippen molar-refractivity contribution in [1.82, 2.24) is 19.8 Å². The number of benzene rings is 2. The van der Waals surface area contributed by atoms with E-state index in [1.54, 1.807) is 6.07 Å². The maximum atomic E-state index is 13.5. The lowest BCUT2D eigenvalue weighted by atomic mass is 10.1. The normalized spacial score (nSPS) is 13.8. The first kappa shape index (κ1) is 30.4. The van der Waals surface area contributed by atoms with Gasteiger partial charge in [0.1, 0.15) is 5.75 Å². The molecule has 0 bridgehead atoms. The number of ether oxygens (including phenoxy) is 1. The van der Waals surface area contributed by atoms with Crippen molar-refractivity contribution in [1.29, 1.82) is 0 Å². The maximum Gasteiger partial charge on any atom is 0.283 e. The third-order valence-corrected chi connectivity index (χ3v) is 8.55. The molecule has 3 aromatic rings. The zero-order chi connectivity index (χ0) is 29.4. The van der Waals surface area contributed by atoms with Crippen LogP contribution in [0.4, 0.5) is 5.69 Å². The quantitative estimate of drug-likeness (QED) is 0.215. The van der Waals surface area contributed by atoms with Gasteiger partial charge in [0.15, 0.2) is 5.69 Å². The minimum absolute atomic E-state index is 0.0222.